The first kappa shape index (κ1) is 12.5. The molecule has 1 aromatic carbocycles. The number of nitrogen functional groups attached to an aromatic ring is 1. The number of anilines is 1. The highest BCUT2D eigenvalue weighted by atomic mass is 79.9. The quantitative estimate of drug-likeness (QED) is 0.719. The van der Waals surface area contributed by atoms with Crippen molar-refractivity contribution in [3.63, 3.8) is 0 Å². The van der Waals surface area contributed by atoms with Crippen LogP contribution < -0.4 is 5.73 Å². The molecule has 0 unspecified atom stereocenters. The second-order valence-electron chi connectivity index (χ2n) is 4.40. The van der Waals surface area contributed by atoms with Crippen LogP contribution in [0, 0.1) is 6.92 Å². The lowest BCUT2D eigenvalue weighted by atomic mass is 10.1. The van der Waals surface area contributed by atoms with Crippen molar-refractivity contribution in [1.29, 1.82) is 0 Å². The van der Waals surface area contributed by atoms with E-state index in [1.54, 1.807) is 16.7 Å². The molecule has 0 aliphatic carbocycles. The number of fused-ring (bicyclic) bond motifs is 1. The first-order chi connectivity index (χ1) is 9.06. The molecule has 0 saturated carbocycles. The van der Waals surface area contributed by atoms with Crippen molar-refractivity contribution in [2.24, 2.45) is 0 Å². The van der Waals surface area contributed by atoms with Gasteiger partial charge in [-0.15, -0.1) is 0 Å². The molecule has 0 fully saturated rings. The maximum atomic E-state index is 6.17. The van der Waals surface area contributed by atoms with Gasteiger partial charge in [0.25, 0.3) is 0 Å². The van der Waals surface area contributed by atoms with E-state index in [2.05, 4.69) is 20.9 Å². The summed E-state index contributed by atoms with van der Waals surface area (Å²) in [5, 5.41) is 0.631. The van der Waals surface area contributed by atoms with Crippen molar-refractivity contribution in [1.82, 2.24) is 9.38 Å². The van der Waals surface area contributed by atoms with Gasteiger partial charge in [0.05, 0.1) is 5.02 Å². The Morgan fingerprint density at radius 2 is 2.05 bits per heavy atom. The van der Waals surface area contributed by atoms with Crippen LogP contribution in [0.15, 0.2) is 41.0 Å². The highest BCUT2D eigenvalue weighted by molar-refractivity contribution is 9.10. The van der Waals surface area contributed by atoms with Crippen molar-refractivity contribution in [3.05, 3.63) is 51.6 Å². The Morgan fingerprint density at radius 1 is 1.26 bits per heavy atom. The number of benzene rings is 1. The molecule has 96 valence electrons. The highest BCUT2D eigenvalue weighted by Gasteiger charge is 2.13. The molecule has 5 heteroatoms. The Morgan fingerprint density at radius 3 is 2.79 bits per heavy atom. The molecular weight excluding hydrogens is 326 g/mol. The Bertz CT molecular complexity index is 780. The summed E-state index contributed by atoms with van der Waals surface area (Å²) in [4.78, 5) is 4.56. The Kier molecular flexibility index (Phi) is 2.99. The Hall–Kier alpha value is -1.52. The summed E-state index contributed by atoms with van der Waals surface area (Å²) < 4.78 is 2.78. The van der Waals surface area contributed by atoms with Crippen molar-refractivity contribution < 1.29 is 0 Å². The number of rotatable bonds is 1. The zero-order valence-electron chi connectivity index (χ0n) is 10.2. The Balaban J connectivity index is 2.28. The number of hydrogen-bond acceptors (Lipinski definition) is 2. The van der Waals surface area contributed by atoms with Crippen LogP contribution in [0.1, 0.15) is 5.56 Å². The van der Waals surface area contributed by atoms with Crippen LogP contribution in [-0.4, -0.2) is 9.38 Å². The minimum absolute atomic E-state index is 0.585. The van der Waals surface area contributed by atoms with Crippen LogP contribution in [-0.2, 0) is 0 Å². The van der Waals surface area contributed by atoms with Gasteiger partial charge in [-0.3, -0.25) is 4.40 Å². The third-order valence-electron chi connectivity index (χ3n) is 3.00. The molecule has 3 aromatic rings. The fraction of sp³-hybridized carbons (Fsp3) is 0.0714. The van der Waals surface area contributed by atoms with E-state index in [4.69, 9.17) is 17.3 Å². The zero-order chi connectivity index (χ0) is 13.6. The third kappa shape index (κ3) is 2.11. The summed E-state index contributed by atoms with van der Waals surface area (Å²) in [7, 11) is 0. The molecule has 0 aliphatic rings. The van der Waals surface area contributed by atoms with Gasteiger partial charge in [-0.2, -0.15) is 0 Å². The second-order valence-corrected chi connectivity index (χ2v) is 5.70. The van der Waals surface area contributed by atoms with Gasteiger partial charge in [0.1, 0.15) is 17.2 Å². The lowest BCUT2D eigenvalue weighted by Gasteiger charge is -2.03. The summed E-state index contributed by atoms with van der Waals surface area (Å²) in [5.74, 6) is 0.585. The molecule has 3 nitrogen and oxygen atoms in total. The largest absolute Gasteiger partial charge is 0.383 e. The summed E-state index contributed by atoms with van der Waals surface area (Å²) in [6.07, 6.45) is 1.77. The van der Waals surface area contributed by atoms with Gasteiger partial charge in [0.2, 0.25) is 0 Å². The maximum Gasteiger partial charge on any atom is 0.139 e. The van der Waals surface area contributed by atoms with Gasteiger partial charge >= 0.3 is 0 Å². The lowest BCUT2D eigenvalue weighted by molar-refractivity contribution is 1.20. The first-order valence-corrected chi connectivity index (χ1v) is 6.93. The summed E-state index contributed by atoms with van der Waals surface area (Å²) in [6, 6.07) is 9.75. The van der Waals surface area contributed by atoms with Crippen LogP contribution in [0.3, 0.4) is 0 Å². The van der Waals surface area contributed by atoms with Crippen LogP contribution in [0.5, 0.6) is 0 Å². The van der Waals surface area contributed by atoms with Crippen molar-refractivity contribution in [2.45, 2.75) is 6.92 Å². The predicted molar refractivity (Wildman–Crippen MR) is 82.5 cm³/mol. The van der Waals surface area contributed by atoms with Crippen LogP contribution in [0.2, 0.25) is 5.02 Å². The van der Waals surface area contributed by atoms with E-state index in [1.165, 1.54) is 5.56 Å². The fourth-order valence-corrected chi connectivity index (χ4v) is 2.89. The summed E-state index contributed by atoms with van der Waals surface area (Å²) in [5.41, 5.74) is 9.86. The topological polar surface area (TPSA) is 43.3 Å². The normalized spacial score (nSPS) is 11.1. The van der Waals surface area contributed by atoms with E-state index in [9.17, 15) is 0 Å². The van der Waals surface area contributed by atoms with E-state index in [0.29, 0.717) is 10.8 Å². The van der Waals surface area contributed by atoms with Crippen molar-refractivity contribution >= 4 is 39.0 Å². The molecule has 0 amide bonds. The maximum absolute atomic E-state index is 6.17. The highest BCUT2D eigenvalue weighted by Crippen LogP contribution is 2.33. The monoisotopic (exact) mass is 335 g/mol. The molecule has 0 bridgehead atoms. The third-order valence-corrected chi connectivity index (χ3v) is 3.88. The minimum atomic E-state index is 0.585. The number of nitrogens with two attached hydrogens (primary N) is 1. The number of aromatic nitrogens is 2. The lowest BCUT2D eigenvalue weighted by Crippen LogP contribution is -1.94. The molecule has 19 heavy (non-hydrogen) atoms. The molecule has 3 rings (SSSR count). The van der Waals surface area contributed by atoms with Gasteiger partial charge in [-0.05, 0) is 30.7 Å². The van der Waals surface area contributed by atoms with E-state index in [1.807, 2.05) is 31.2 Å². The average molecular weight is 337 g/mol. The van der Waals surface area contributed by atoms with E-state index >= 15 is 0 Å². The standard InChI is InChI=1S/C14H11BrClN3/c1-8-2-4-10(11(15)6-8)13-14(17)19-7-9(16)3-5-12(19)18-13/h2-7H,17H2,1H3. The minimum Gasteiger partial charge on any atom is -0.383 e. The predicted octanol–water partition coefficient (Wildman–Crippen LogP) is 4.31. The SMILES string of the molecule is Cc1ccc(-c2nc3ccc(Cl)cn3c2N)c(Br)c1. The number of halogens is 2. The smallest absolute Gasteiger partial charge is 0.139 e. The summed E-state index contributed by atoms with van der Waals surface area (Å²) >= 11 is 9.54. The molecule has 0 saturated heterocycles. The first-order valence-electron chi connectivity index (χ1n) is 5.76. The number of pyridine rings is 1. The number of aryl methyl sites for hydroxylation is 1. The van der Waals surface area contributed by atoms with Gasteiger partial charge in [0, 0.05) is 16.2 Å². The summed E-state index contributed by atoms with van der Waals surface area (Å²) in [6.45, 7) is 2.04. The molecule has 0 atom stereocenters. The van der Waals surface area contributed by atoms with Gasteiger partial charge in [-0.1, -0.05) is 39.7 Å². The van der Waals surface area contributed by atoms with Crippen LogP contribution in [0.4, 0.5) is 5.82 Å². The van der Waals surface area contributed by atoms with E-state index in [0.717, 1.165) is 21.4 Å². The molecule has 2 aromatic heterocycles. The molecule has 0 radical (unpaired) electrons. The number of nitrogens with zero attached hydrogens (tertiary/aromatic N) is 2. The van der Waals surface area contributed by atoms with Crippen LogP contribution >= 0.6 is 27.5 Å². The van der Waals surface area contributed by atoms with Gasteiger partial charge in [0.15, 0.2) is 0 Å². The zero-order valence-corrected chi connectivity index (χ0v) is 12.5. The molecule has 2 N–H and O–H groups in total. The molecule has 0 aliphatic heterocycles. The van der Waals surface area contributed by atoms with Crippen LogP contribution in [0.25, 0.3) is 16.9 Å². The van der Waals surface area contributed by atoms with E-state index in [-0.39, 0.29) is 0 Å². The molecular formula is C14H11BrClN3. The molecule has 0 spiro atoms. The molecule has 2 heterocycles. The number of imidazole rings is 1. The fourth-order valence-electron chi connectivity index (χ4n) is 2.05. The average Bonchev–Trinajstić information content (AvgIpc) is 2.67. The van der Waals surface area contributed by atoms with Crippen molar-refractivity contribution in [3.8, 4) is 11.3 Å². The second kappa shape index (κ2) is 4.54. The van der Waals surface area contributed by atoms with Gasteiger partial charge in [-0.25, -0.2) is 4.98 Å². The van der Waals surface area contributed by atoms with Gasteiger partial charge < -0.3 is 5.73 Å². The van der Waals surface area contributed by atoms with Crippen molar-refractivity contribution in [2.75, 3.05) is 5.73 Å². The van der Waals surface area contributed by atoms with E-state index < -0.39 is 0 Å². The number of hydrogen-bond donors (Lipinski definition) is 1. The Labute approximate surface area is 124 Å².